The number of amides is 1. The smallest absolute Gasteiger partial charge is 0.236 e. The Kier molecular flexibility index (Phi) is 5.44. The van der Waals surface area contributed by atoms with Crippen molar-refractivity contribution in [2.75, 3.05) is 40.3 Å². The summed E-state index contributed by atoms with van der Waals surface area (Å²) < 4.78 is 13.1. The highest BCUT2D eigenvalue weighted by Gasteiger charge is 2.41. The standard InChI is InChI=1S/C20H30FN3O/c1-16(17-5-7-18(21)8-6-17)23(3)19(25)15-24-13-10-20(11-14-24)9-4-12-22(20)2/h5-8,16H,4,9-15H2,1-3H3/t16-/m0/s1. The van der Waals surface area contributed by atoms with Gasteiger partial charge in [-0.25, -0.2) is 4.39 Å². The van der Waals surface area contributed by atoms with E-state index >= 15 is 0 Å². The van der Waals surface area contributed by atoms with Crippen molar-refractivity contribution in [3.05, 3.63) is 35.6 Å². The topological polar surface area (TPSA) is 26.8 Å². The lowest BCUT2D eigenvalue weighted by Crippen LogP contribution is -2.52. The second-order valence-corrected chi connectivity index (χ2v) is 7.76. The summed E-state index contributed by atoms with van der Waals surface area (Å²) in [7, 11) is 4.08. The molecule has 0 unspecified atom stereocenters. The Morgan fingerprint density at radius 1 is 1.20 bits per heavy atom. The highest BCUT2D eigenvalue weighted by Crippen LogP contribution is 2.37. The van der Waals surface area contributed by atoms with Crippen molar-refractivity contribution in [3.63, 3.8) is 0 Å². The van der Waals surface area contributed by atoms with Crippen LogP contribution in [0.3, 0.4) is 0 Å². The molecule has 2 aliphatic heterocycles. The Balaban J connectivity index is 1.53. The summed E-state index contributed by atoms with van der Waals surface area (Å²) in [6, 6.07) is 6.36. The summed E-state index contributed by atoms with van der Waals surface area (Å²) in [5, 5.41) is 0. The van der Waals surface area contributed by atoms with E-state index in [2.05, 4.69) is 16.8 Å². The van der Waals surface area contributed by atoms with Gasteiger partial charge in [0, 0.05) is 25.7 Å². The van der Waals surface area contributed by atoms with E-state index in [0.717, 1.165) is 31.5 Å². The van der Waals surface area contributed by atoms with Crippen LogP contribution in [0.4, 0.5) is 4.39 Å². The van der Waals surface area contributed by atoms with Crippen LogP contribution in [0.5, 0.6) is 0 Å². The Bertz CT molecular complexity index is 595. The quantitative estimate of drug-likeness (QED) is 0.838. The molecule has 1 atom stereocenters. The highest BCUT2D eigenvalue weighted by atomic mass is 19.1. The molecule has 2 fully saturated rings. The lowest BCUT2D eigenvalue weighted by molar-refractivity contribution is -0.133. The van der Waals surface area contributed by atoms with Gasteiger partial charge in [-0.1, -0.05) is 12.1 Å². The molecular formula is C20H30FN3O. The van der Waals surface area contributed by atoms with Crippen LogP contribution in [0.25, 0.3) is 0 Å². The van der Waals surface area contributed by atoms with Gasteiger partial charge in [-0.2, -0.15) is 0 Å². The summed E-state index contributed by atoms with van der Waals surface area (Å²) in [6.45, 7) is 5.66. The summed E-state index contributed by atoms with van der Waals surface area (Å²) >= 11 is 0. The second-order valence-electron chi connectivity index (χ2n) is 7.76. The molecule has 4 nitrogen and oxygen atoms in total. The average molecular weight is 347 g/mol. The lowest BCUT2D eigenvalue weighted by Gasteiger charge is -2.44. The zero-order chi connectivity index (χ0) is 18.0. The number of carbonyl (C=O) groups is 1. The van der Waals surface area contributed by atoms with Crippen molar-refractivity contribution in [1.29, 1.82) is 0 Å². The number of halogens is 1. The zero-order valence-electron chi connectivity index (χ0n) is 15.7. The van der Waals surface area contributed by atoms with Crippen molar-refractivity contribution in [2.24, 2.45) is 0 Å². The van der Waals surface area contributed by atoms with Gasteiger partial charge in [0.15, 0.2) is 0 Å². The number of rotatable bonds is 4. The van der Waals surface area contributed by atoms with E-state index in [-0.39, 0.29) is 17.8 Å². The molecule has 3 rings (SSSR count). The van der Waals surface area contributed by atoms with Crippen molar-refractivity contribution in [2.45, 2.75) is 44.2 Å². The van der Waals surface area contributed by atoms with Crippen LogP contribution in [-0.2, 0) is 4.79 Å². The molecule has 2 aliphatic rings. The summed E-state index contributed by atoms with van der Waals surface area (Å²) in [6.07, 6.45) is 4.92. The third-order valence-electron chi connectivity index (χ3n) is 6.42. The average Bonchev–Trinajstić information content (AvgIpc) is 2.96. The minimum atomic E-state index is -0.246. The normalized spacial score (nSPS) is 22.2. The molecule has 0 saturated carbocycles. The van der Waals surface area contributed by atoms with Crippen LogP contribution in [0.2, 0.25) is 0 Å². The molecule has 5 heteroatoms. The summed E-state index contributed by atoms with van der Waals surface area (Å²) in [4.78, 5) is 19.3. The van der Waals surface area contributed by atoms with Crippen LogP contribution in [-0.4, -0.2) is 66.4 Å². The monoisotopic (exact) mass is 347 g/mol. The zero-order valence-corrected chi connectivity index (χ0v) is 15.7. The molecule has 0 aliphatic carbocycles. The molecule has 0 N–H and O–H groups in total. The van der Waals surface area contributed by atoms with Gasteiger partial charge in [0.25, 0.3) is 0 Å². The lowest BCUT2D eigenvalue weighted by atomic mass is 9.85. The molecular weight excluding hydrogens is 317 g/mol. The van der Waals surface area contributed by atoms with Gasteiger partial charge in [0.05, 0.1) is 12.6 Å². The van der Waals surface area contributed by atoms with Crippen LogP contribution < -0.4 is 0 Å². The maximum atomic E-state index is 13.1. The van der Waals surface area contributed by atoms with E-state index in [1.165, 1.54) is 31.5 Å². The van der Waals surface area contributed by atoms with Gasteiger partial charge in [-0.3, -0.25) is 9.69 Å². The second kappa shape index (κ2) is 7.42. The van der Waals surface area contributed by atoms with Gasteiger partial charge >= 0.3 is 0 Å². The fourth-order valence-corrected chi connectivity index (χ4v) is 4.32. The Hall–Kier alpha value is -1.46. The summed E-state index contributed by atoms with van der Waals surface area (Å²) in [5.41, 5.74) is 1.34. The van der Waals surface area contributed by atoms with Crippen molar-refractivity contribution in [1.82, 2.24) is 14.7 Å². The van der Waals surface area contributed by atoms with Crippen LogP contribution in [0, 0.1) is 5.82 Å². The first-order valence-electron chi connectivity index (χ1n) is 9.36. The van der Waals surface area contributed by atoms with Crippen LogP contribution >= 0.6 is 0 Å². The van der Waals surface area contributed by atoms with Crippen LogP contribution in [0.15, 0.2) is 24.3 Å². The molecule has 1 spiro atoms. The predicted molar refractivity (Wildman–Crippen MR) is 97.9 cm³/mol. The number of likely N-dealkylation sites (tertiary alicyclic amines) is 2. The molecule has 1 aromatic rings. The van der Waals surface area contributed by atoms with E-state index < -0.39 is 0 Å². The molecule has 2 saturated heterocycles. The van der Waals surface area contributed by atoms with Crippen molar-refractivity contribution in [3.8, 4) is 0 Å². The number of benzene rings is 1. The number of piperidine rings is 1. The largest absolute Gasteiger partial charge is 0.338 e. The van der Waals surface area contributed by atoms with Crippen molar-refractivity contribution < 1.29 is 9.18 Å². The summed E-state index contributed by atoms with van der Waals surface area (Å²) in [5.74, 6) is -0.114. The van der Waals surface area contributed by atoms with Gasteiger partial charge in [0.1, 0.15) is 5.82 Å². The minimum absolute atomic E-state index is 0.0507. The Labute approximate surface area is 150 Å². The van der Waals surface area contributed by atoms with Gasteiger partial charge in [-0.05, 0) is 63.9 Å². The van der Waals surface area contributed by atoms with Gasteiger partial charge in [0.2, 0.25) is 5.91 Å². The van der Waals surface area contributed by atoms with Gasteiger partial charge in [-0.15, -0.1) is 0 Å². The molecule has 0 radical (unpaired) electrons. The first-order valence-corrected chi connectivity index (χ1v) is 9.36. The fraction of sp³-hybridized carbons (Fsp3) is 0.650. The molecule has 0 bridgehead atoms. The van der Waals surface area contributed by atoms with Crippen LogP contribution in [0.1, 0.15) is 44.2 Å². The minimum Gasteiger partial charge on any atom is -0.338 e. The number of likely N-dealkylation sites (N-methyl/N-ethyl adjacent to an activating group) is 1. The maximum absolute atomic E-state index is 13.1. The van der Waals surface area contributed by atoms with E-state index in [1.54, 1.807) is 17.0 Å². The highest BCUT2D eigenvalue weighted by molar-refractivity contribution is 5.78. The SMILES string of the molecule is C[C@@H](c1ccc(F)cc1)N(C)C(=O)CN1CCC2(CCCN2C)CC1. The van der Waals surface area contributed by atoms with E-state index in [9.17, 15) is 9.18 Å². The van der Waals surface area contributed by atoms with E-state index in [1.807, 2.05) is 14.0 Å². The number of hydrogen-bond donors (Lipinski definition) is 0. The third-order valence-corrected chi connectivity index (χ3v) is 6.42. The van der Waals surface area contributed by atoms with E-state index in [4.69, 9.17) is 0 Å². The molecule has 0 aromatic heterocycles. The molecule has 1 amide bonds. The third kappa shape index (κ3) is 3.87. The number of carbonyl (C=O) groups excluding carboxylic acids is 1. The molecule has 138 valence electrons. The van der Waals surface area contributed by atoms with Gasteiger partial charge < -0.3 is 9.80 Å². The number of nitrogens with zero attached hydrogens (tertiary/aromatic N) is 3. The fourth-order valence-electron chi connectivity index (χ4n) is 4.32. The Morgan fingerprint density at radius 3 is 2.40 bits per heavy atom. The van der Waals surface area contributed by atoms with E-state index in [0.29, 0.717) is 12.1 Å². The van der Waals surface area contributed by atoms with Crippen molar-refractivity contribution >= 4 is 5.91 Å². The molecule has 1 aromatic carbocycles. The number of hydrogen-bond acceptors (Lipinski definition) is 3. The molecule has 2 heterocycles. The first kappa shape index (κ1) is 18.3. The maximum Gasteiger partial charge on any atom is 0.236 e. The Morgan fingerprint density at radius 2 is 1.84 bits per heavy atom. The first-order chi connectivity index (χ1) is 11.9. The molecule has 25 heavy (non-hydrogen) atoms. The predicted octanol–water partition coefficient (Wildman–Crippen LogP) is 2.91.